The normalized spacial score (nSPS) is 11.4. The number of hydrogen-bond acceptors (Lipinski definition) is 2. The molecule has 0 atom stereocenters. The molecule has 3 aromatic rings. The third-order valence-electron chi connectivity index (χ3n) is 3.81. The fourth-order valence-electron chi connectivity index (χ4n) is 2.37. The minimum atomic E-state index is -0.272. The summed E-state index contributed by atoms with van der Waals surface area (Å²) in [4.78, 5) is 13.6. The zero-order chi connectivity index (χ0) is 19.2. The highest BCUT2D eigenvalue weighted by atomic mass is 79.9. The molecule has 0 saturated heterocycles. The highest BCUT2D eigenvalue weighted by molar-refractivity contribution is 9.10. The molecule has 0 bridgehead atoms. The molecular formula is C22H15BrClFOS. The third-order valence-corrected chi connectivity index (χ3v) is 5.68. The van der Waals surface area contributed by atoms with Crippen molar-refractivity contribution >= 4 is 51.2 Å². The predicted molar refractivity (Wildman–Crippen MR) is 116 cm³/mol. The van der Waals surface area contributed by atoms with E-state index >= 15 is 0 Å². The van der Waals surface area contributed by atoms with Gasteiger partial charge in [0.15, 0.2) is 5.78 Å². The number of hydrogen-bond donors (Lipinski definition) is 0. The fourth-order valence-corrected chi connectivity index (χ4v) is 3.74. The second-order valence-electron chi connectivity index (χ2n) is 5.81. The van der Waals surface area contributed by atoms with Gasteiger partial charge in [-0.3, -0.25) is 4.79 Å². The van der Waals surface area contributed by atoms with Crippen LogP contribution in [0.3, 0.4) is 0 Å². The first-order valence-corrected chi connectivity index (χ1v) is 10.3. The highest BCUT2D eigenvalue weighted by Crippen LogP contribution is 2.28. The third kappa shape index (κ3) is 5.80. The van der Waals surface area contributed by atoms with Gasteiger partial charge in [-0.15, -0.1) is 11.8 Å². The Morgan fingerprint density at radius 1 is 0.963 bits per heavy atom. The Bertz CT molecular complexity index is 951. The van der Waals surface area contributed by atoms with Crippen LogP contribution < -0.4 is 0 Å². The second kappa shape index (κ2) is 9.36. The van der Waals surface area contributed by atoms with E-state index in [2.05, 4.69) is 15.9 Å². The Morgan fingerprint density at radius 3 is 2.22 bits per heavy atom. The van der Waals surface area contributed by atoms with Gasteiger partial charge in [-0.2, -0.15) is 0 Å². The average molecular weight is 462 g/mol. The van der Waals surface area contributed by atoms with Crippen molar-refractivity contribution in [1.29, 1.82) is 0 Å². The maximum atomic E-state index is 13.1. The van der Waals surface area contributed by atoms with E-state index in [9.17, 15) is 9.18 Å². The van der Waals surface area contributed by atoms with Gasteiger partial charge in [0.25, 0.3) is 0 Å². The van der Waals surface area contributed by atoms with E-state index in [4.69, 9.17) is 11.6 Å². The van der Waals surface area contributed by atoms with Gasteiger partial charge in [0.2, 0.25) is 0 Å². The lowest BCUT2D eigenvalue weighted by atomic mass is 10.1. The molecule has 0 radical (unpaired) electrons. The molecule has 0 saturated carbocycles. The van der Waals surface area contributed by atoms with E-state index in [0.717, 1.165) is 15.6 Å². The molecule has 0 aliphatic rings. The van der Waals surface area contributed by atoms with E-state index in [0.29, 0.717) is 21.2 Å². The SMILES string of the molecule is O=C(C(=Cc1ccc(Br)cc1)SCc1ccc(F)cc1)c1ccc(Cl)cc1. The number of carbonyl (C=O) groups is 1. The molecule has 0 aromatic heterocycles. The van der Waals surface area contributed by atoms with Gasteiger partial charge in [0.05, 0.1) is 4.91 Å². The quantitative estimate of drug-likeness (QED) is 0.281. The molecule has 3 rings (SSSR count). The van der Waals surface area contributed by atoms with Crippen LogP contribution in [0.15, 0.2) is 82.2 Å². The number of allylic oxidation sites excluding steroid dienone is 1. The molecule has 0 aliphatic heterocycles. The van der Waals surface area contributed by atoms with Crippen molar-refractivity contribution in [3.8, 4) is 0 Å². The first-order valence-electron chi connectivity index (χ1n) is 8.16. The van der Waals surface area contributed by atoms with E-state index in [1.54, 1.807) is 36.4 Å². The number of carbonyl (C=O) groups excluding carboxylic acids is 1. The molecule has 0 fully saturated rings. The number of Topliss-reactive ketones (excluding diaryl/α,β-unsaturated/α-hetero) is 1. The van der Waals surface area contributed by atoms with Crippen molar-refractivity contribution in [1.82, 2.24) is 0 Å². The van der Waals surface area contributed by atoms with Gasteiger partial charge in [0, 0.05) is 20.8 Å². The molecule has 0 amide bonds. The Kier molecular flexibility index (Phi) is 6.89. The molecule has 3 aromatic carbocycles. The largest absolute Gasteiger partial charge is 0.288 e. The number of halogens is 3. The summed E-state index contributed by atoms with van der Waals surface area (Å²) in [6.07, 6.45) is 1.87. The van der Waals surface area contributed by atoms with Crippen molar-refractivity contribution in [2.24, 2.45) is 0 Å². The highest BCUT2D eigenvalue weighted by Gasteiger charge is 2.14. The lowest BCUT2D eigenvalue weighted by Crippen LogP contribution is -2.01. The number of ketones is 1. The molecule has 0 spiro atoms. The van der Waals surface area contributed by atoms with Crippen LogP contribution in [0.5, 0.6) is 0 Å². The molecule has 27 heavy (non-hydrogen) atoms. The Hall–Kier alpha value is -1.88. The summed E-state index contributed by atoms with van der Waals surface area (Å²) in [5.41, 5.74) is 2.46. The Labute approximate surface area is 175 Å². The van der Waals surface area contributed by atoms with Gasteiger partial charge >= 0.3 is 0 Å². The summed E-state index contributed by atoms with van der Waals surface area (Å²) >= 11 is 10.8. The number of thioether (sulfide) groups is 1. The van der Waals surface area contributed by atoms with Gasteiger partial charge in [-0.25, -0.2) is 4.39 Å². The van der Waals surface area contributed by atoms with E-state index < -0.39 is 0 Å². The smallest absolute Gasteiger partial charge is 0.199 e. The molecule has 0 unspecified atom stereocenters. The van der Waals surface area contributed by atoms with Crippen LogP contribution in [-0.2, 0) is 5.75 Å². The van der Waals surface area contributed by atoms with Crippen molar-refractivity contribution < 1.29 is 9.18 Å². The minimum Gasteiger partial charge on any atom is -0.288 e. The van der Waals surface area contributed by atoms with Crippen LogP contribution in [-0.4, -0.2) is 5.78 Å². The van der Waals surface area contributed by atoms with Crippen LogP contribution in [0.1, 0.15) is 21.5 Å². The molecular weight excluding hydrogens is 447 g/mol. The number of rotatable bonds is 6. The maximum absolute atomic E-state index is 13.1. The predicted octanol–water partition coefficient (Wildman–Crippen LogP) is 7.40. The standard InChI is InChI=1S/C22H15BrClFOS/c23-18-7-1-15(2-8-18)13-21(22(26)17-5-9-19(24)10-6-17)27-14-16-3-11-20(25)12-4-16/h1-13H,14H2. The minimum absolute atomic E-state index is 0.0679. The van der Waals surface area contributed by atoms with Crippen LogP contribution in [0.4, 0.5) is 4.39 Å². The van der Waals surface area contributed by atoms with E-state index in [1.165, 1.54) is 23.9 Å². The van der Waals surface area contributed by atoms with Gasteiger partial charge in [0.1, 0.15) is 5.82 Å². The molecule has 0 heterocycles. The summed E-state index contributed by atoms with van der Waals surface area (Å²) in [7, 11) is 0. The molecule has 136 valence electrons. The van der Waals surface area contributed by atoms with Crippen LogP contribution in [0.25, 0.3) is 6.08 Å². The summed E-state index contributed by atoms with van der Waals surface area (Å²) in [5.74, 6) is 0.232. The summed E-state index contributed by atoms with van der Waals surface area (Å²) < 4.78 is 14.1. The molecule has 1 nitrogen and oxygen atoms in total. The molecule has 5 heteroatoms. The zero-order valence-electron chi connectivity index (χ0n) is 14.2. The van der Waals surface area contributed by atoms with Crippen molar-refractivity contribution in [2.45, 2.75) is 5.75 Å². The van der Waals surface area contributed by atoms with Crippen molar-refractivity contribution in [3.63, 3.8) is 0 Å². The number of benzene rings is 3. The van der Waals surface area contributed by atoms with Crippen molar-refractivity contribution in [3.05, 3.63) is 110 Å². The van der Waals surface area contributed by atoms with Gasteiger partial charge < -0.3 is 0 Å². The van der Waals surface area contributed by atoms with Crippen molar-refractivity contribution in [2.75, 3.05) is 0 Å². The summed E-state index contributed by atoms with van der Waals surface area (Å²) in [6.45, 7) is 0. The second-order valence-corrected chi connectivity index (χ2v) is 8.18. The van der Waals surface area contributed by atoms with Crippen LogP contribution >= 0.6 is 39.3 Å². The fraction of sp³-hybridized carbons (Fsp3) is 0.0455. The van der Waals surface area contributed by atoms with E-state index in [1.807, 2.05) is 30.3 Å². The first kappa shape index (κ1) is 19.9. The summed E-state index contributed by atoms with van der Waals surface area (Å²) in [6, 6.07) is 20.9. The summed E-state index contributed by atoms with van der Waals surface area (Å²) in [5, 5.41) is 0.587. The van der Waals surface area contributed by atoms with Crippen LogP contribution in [0.2, 0.25) is 5.02 Å². The topological polar surface area (TPSA) is 17.1 Å². The Morgan fingerprint density at radius 2 is 1.59 bits per heavy atom. The lowest BCUT2D eigenvalue weighted by Gasteiger charge is -2.08. The first-order chi connectivity index (χ1) is 13.0. The average Bonchev–Trinajstić information content (AvgIpc) is 2.68. The Balaban J connectivity index is 1.87. The zero-order valence-corrected chi connectivity index (χ0v) is 17.3. The van der Waals surface area contributed by atoms with Gasteiger partial charge in [-0.1, -0.05) is 51.8 Å². The molecule has 0 aliphatic carbocycles. The van der Waals surface area contributed by atoms with Crippen LogP contribution in [0, 0.1) is 5.82 Å². The van der Waals surface area contributed by atoms with E-state index in [-0.39, 0.29) is 11.6 Å². The molecule has 0 N–H and O–H groups in total. The maximum Gasteiger partial charge on any atom is 0.199 e. The van der Waals surface area contributed by atoms with Gasteiger partial charge in [-0.05, 0) is 65.7 Å². The lowest BCUT2D eigenvalue weighted by molar-refractivity contribution is 0.104. The monoisotopic (exact) mass is 460 g/mol.